The number of hydrogen-bond donors (Lipinski definition) is 0. The van der Waals surface area contributed by atoms with Crippen LogP contribution >= 0.6 is 0 Å². The van der Waals surface area contributed by atoms with Gasteiger partial charge >= 0.3 is 5.97 Å². The first-order chi connectivity index (χ1) is 7.15. The minimum atomic E-state index is -0.350. The Morgan fingerprint density at radius 1 is 1.20 bits per heavy atom. The molecule has 0 saturated carbocycles. The number of methoxy groups -OCH3 is 1. The molecule has 0 amide bonds. The second-order valence-electron chi connectivity index (χ2n) is 3.31. The summed E-state index contributed by atoms with van der Waals surface area (Å²) < 4.78 is 4.48. The molecule has 0 fully saturated rings. The molecule has 1 aromatic rings. The fraction of sp³-hybridized carbons (Fsp3) is 0.333. The van der Waals surface area contributed by atoms with Crippen LogP contribution in [0.15, 0.2) is 24.3 Å². The zero-order valence-corrected chi connectivity index (χ0v) is 8.95. The molecule has 0 aliphatic carbocycles. The third-order valence-corrected chi connectivity index (χ3v) is 2.23. The molecule has 0 aromatic heterocycles. The maximum absolute atomic E-state index is 11.7. The van der Waals surface area contributed by atoms with Crippen molar-refractivity contribution >= 4 is 11.8 Å². The van der Waals surface area contributed by atoms with Crippen molar-refractivity contribution in [2.45, 2.75) is 19.8 Å². The summed E-state index contributed by atoms with van der Waals surface area (Å²) in [7, 11) is 1.32. The highest BCUT2D eigenvalue weighted by Crippen LogP contribution is 2.11. The highest BCUT2D eigenvalue weighted by molar-refractivity contribution is 5.98. The maximum atomic E-state index is 11.7. The van der Waals surface area contributed by atoms with Crippen LogP contribution in [0.1, 0.15) is 28.8 Å². The molecule has 1 rings (SSSR count). The van der Waals surface area contributed by atoms with E-state index >= 15 is 0 Å². The lowest BCUT2D eigenvalue weighted by Gasteiger charge is -2.03. The van der Waals surface area contributed by atoms with Crippen LogP contribution in [0.3, 0.4) is 0 Å². The molecule has 3 nitrogen and oxygen atoms in total. The van der Waals surface area contributed by atoms with E-state index in [4.69, 9.17) is 0 Å². The smallest absolute Gasteiger partial charge is 0.305 e. The summed E-state index contributed by atoms with van der Waals surface area (Å²) in [5.41, 5.74) is 1.62. The van der Waals surface area contributed by atoms with E-state index in [0.717, 1.165) is 5.56 Å². The summed E-state index contributed by atoms with van der Waals surface area (Å²) >= 11 is 0. The molecule has 80 valence electrons. The number of hydrogen-bond acceptors (Lipinski definition) is 3. The van der Waals surface area contributed by atoms with E-state index < -0.39 is 0 Å². The molecule has 0 bridgehead atoms. The number of carbonyl (C=O) groups is 2. The van der Waals surface area contributed by atoms with Crippen molar-refractivity contribution in [2.75, 3.05) is 7.11 Å². The minimum Gasteiger partial charge on any atom is -0.469 e. The van der Waals surface area contributed by atoms with Crippen molar-refractivity contribution in [3.05, 3.63) is 35.4 Å². The number of ketones is 1. The number of rotatable bonds is 4. The number of Topliss-reactive ketones (excluding diaryl/α,β-unsaturated/α-hetero) is 1. The van der Waals surface area contributed by atoms with E-state index in [-0.39, 0.29) is 24.6 Å². The molecule has 0 unspecified atom stereocenters. The fourth-order valence-electron chi connectivity index (χ4n) is 1.34. The van der Waals surface area contributed by atoms with Gasteiger partial charge in [0, 0.05) is 12.0 Å². The van der Waals surface area contributed by atoms with Crippen LogP contribution in [0.2, 0.25) is 0 Å². The van der Waals surface area contributed by atoms with Gasteiger partial charge in [-0.15, -0.1) is 0 Å². The first-order valence-corrected chi connectivity index (χ1v) is 4.81. The Bertz CT molecular complexity index is 369. The van der Waals surface area contributed by atoms with E-state index in [1.165, 1.54) is 7.11 Å². The summed E-state index contributed by atoms with van der Waals surface area (Å²) in [6, 6.07) is 7.35. The summed E-state index contributed by atoms with van der Waals surface area (Å²) in [5, 5.41) is 0. The third-order valence-electron chi connectivity index (χ3n) is 2.23. The average Bonchev–Trinajstić information content (AvgIpc) is 2.26. The number of carbonyl (C=O) groups excluding carboxylic acids is 2. The van der Waals surface area contributed by atoms with Gasteiger partial charge in [0.05, 0.1) is 13.5 Å². The van der Waals surface area contributed by atoms with Crippen LogP contribution in [-0.2, 0) is 9.53 Å². The molecule has 0 heterocycles. The van der Waals surface area contributed by atoms with Gasteiger partial charge in [-0.3, -0.25) is 9.59 Å². The summed E-state index contributed by atoms with van der Waals surface area (Å²) in [4.78, 5) is 22.5. The molecule has 0 spiro atoms. The number of aryl methyl sites for hydroxylation is 1. The lowest BCUT2D eigenvalue weighted by Crippen LogP contribution is -2.07. The van der Waals surface area contributed by atoms with Crippen molar-refractivity contribution < 1.29 is 14.3 Å². The minimum absolute atomic E-state index is 0.0153. The molecular weight excluding hydrogens is 192 g/mol. The zero-order chi connectivity index (χ0) is 11.3. The topological polar surface area (TPSA) is 43.4 Å². The number of esters is 1. The van der Waals surface area contributed by atoms with Gasteiger partial charge in [-0.05, 0) is 12.5 Å². The monoisotopic (exact) mass is 206 g/mol. The summed E-state index contributed by atoms with van der Waals surface area (Å²) in [6.45, 7) is 1.88. The molecule has 0 saturated heterocycles. The second kappa shape index (κ2) is 5.29. The van der Waals surface area contributed by atoms with Crippen molar-refractivity contribution in [3.63, 3.8) is 0 Å². The predicted octanol–water partition coefficient (Wildman–Crippen LogP) is 2.13. The molecule has 0 aliphatic heterocycles. The molecule has 3 heteroatoms. The van der Waals surface area contributed by atoms with Crippen LogP contribution in [0.5, 0.6) is 0 Å². The van der Waals surface area contributed by atoms with E-state index in [1.54, 1.807) is 6.07 Å². The third kappa shape index (κ3) is 3.20. The Morgan fingerprint density at radius 3 is 2.47 bits per heavy atom. The second-order valence-corrected chi connectivity index (χ2v) is 3.31. The summed E-state index contributed by atoms with van der Waals surface area (Å²) in [5.74, 6) is -0.365. The van der Waals surface area contributed by atoms with Gasteiger partial charge in [0.15, 0.2) is 5.78 Å². The maximum Gasteiger partial charge on any atom is 0.305 e. The molecule has 0 N–H and O–H groups in total. The zero-order valence-electron chi connectivity index (χ0n) is 8.95. The highest BCUT2D eigenvalue weighted by atomic mass is 16.5. The Labute approximate surface area is 89.1 Å². The molecule has 0 aliphatic rings. The van der Waals surface area contributed by atoms with Crippen LogP contribution in [-0.4, -0.2) is 18.9 Å². The van der Waals surface area contributed by atoms with Gasteiger partial charge in [-0.1, -0.05) is 24.3 Å². The van der Waals surface area contributed by atoms with E-state index in [0.29, 0.717) is 5.56 Å². The molecule has 15 heavy (non-hydrogen) atoms. The van der Waals surface area contributed by atoms with Gasteiger partial charge in [-0.25, -0.2) is 0 Å². The number of benzene rings is 1. The van der Waals surface area contributed by atoms with Crippen molar-refractivity contribution in [1.29, 1.82) is 0 Å². The van der Waals surface area contributed by atoms with Crippen molar-refractivity contribution in [1.82, 2.24) is 0 Å². The lowest BCUT2D eigenvalue weighted by molar-refractivity contribution is -0.140. The van der Waals surface area contributed by atoms with Gasteiger partial charge in [-0.2, -0.15) is 0 Å². The van der Waals surface area contributed by atoms with Crippen LogP contribution < -0.4 is 0 Å². The van der Waals surface area contributed by atoms with Crippen molar-refractivity contribution in [3.8, 4) is 0 Å². The molecule has 1 aromatic carbocycles. The normalized spacial score (nSPS) is 9.73. The molecule has 0 atom stereocenters. The highest BCUT2D eigenvalue weighted by Gasteiger charge is 2.10. The Hall–Kier alpha value is -1.64. The molecular formula is C12H14O3. The van der Waals surface area contributed by atoms with Crippen LogP contribution in [0.4, 0.5) is 0 Å². The predicted molar refractivity (Wildman–Crippen MR) is 56.8 cm³/mol. The van der Waals surface area contributed by atoms with Crippen LogP contribution in [0.25, 0.3) is 0 Å². The largest absolute Gasteiger partial charge is 0.469 e. The van der Waals surface area contributed by atoms with E-state index in [2.05, 4.69) is 4.74 Å². The Kier molecular flexibility index (Phi) is 4.03. The van der Waals surface area contributed by atoms with E-state index in [9.17, 15) is 9.59 Å². The quantitative estimate of drug-likeness (QED) is 0.560. The standard InChI is InChI=1S/C12H14O3/c1-9-5-3-4-6-10(9)11(13)7-8-12(14)15-2/h3-6H,7-8H2,1-2H3. The SMILES string of the molecule is COC(=O)CCC(=O)c1ccccc1C. The summed E-state index contributed by atoms with van der Waals surface area (Å²) in [6.07, 6.45) is 0.348. The Balaban J connectivity index is 2.62. The number of ether oxygens (including phenoxy) is 1. The fourth-order valence-corrected chi connectivity index (χ4v) is 1.34. The van der Waals surface area contributed by atoms with Gasteiger partial charge in [0.1, 0.15) is 0 Å². The lowest BCUT2D eigenvalue weighted by atomic mass is 10.0. The van der Waals surface area contributed by atoms with Gasteiger partial charge < -0.3 is 4.74 Å². The average molecular weight is 206 g/mol. The first kappa shape index (κ1) is 11.4. The van der Waals surface area contributed by atoms with Gasteiger partial charge in [0.25, 0.3) is 0 Å². The molecule has 0 radical (unpaired) electrons. The Morgan fingerprint density at radius 2 is 1.87 bits per heavy atom. The van der Waals surface area contributed by atoms with E-state index in [1.807, 2.05) is 25.1 Å². The van der Waals surface area contributed by atoms with Gasteiger partial charge in [0.2, 0.25) is 0 Å². The first-order valence-electron chi connectivity index (χ1n) is 4.81. The van der Waals surface area contributed by atoms with Crippen molar-refractivity contribution in [2.24, 2.45) is 0 Å². The van der Waals surface area contributed by atoms with Crippen LogP contribution in [0, 0.1) is 6.92 Å².